The van der Waals surface area contributed by atoms with Crippen LogP contribution in [0.4, 0.5) is 0 Å². The Labute approximate surface area is 122 Å². The molecule has 2 heteroatoms. The summed E-state index contributed by atoms with van der Waals surface area (Å²) in [6.07, 6.45) is 7.13. The van der Waals surface area contributed by atoms with Crippen molar-refractivity contribution >= 4 is 6.29 Å². The summed E-state index contributed by atoms with van der Waals surface area (Å²) < 4.78 is 5.27. The van der Waals surface area contributed by atoms with E-state index in [1.807, 2.05) is 13.8 Å². The van der Waals surface area contributed by atoms with Gasteiger partial charge >= 0.3 is 0 Å². The van der Waals surface area contributed by atoms with E-state index < -0.39 is 0 Å². The van der Waals surface area contributed by atoms with E-state index >= 15 is 0 Å². The van der Waals surface area contributed by atoms with E-state index in [9.17, 15) is 4.79 Å². The second kappa shape index (κ2) is 9.20. The molecule has 1 aromatic carbocycles. The van der Waals surface area contributed by atoms with Gasteiger partial charge in [-0.05, 0) is 31.0 Å². The highest BCUT2D eigenvalue weighted by molar-refractivity contribution is 5.76. The molecule has 0 atom stereocenters. The summed E-state index contributed by atoms with van der Waals surface area (Å²) in [5.74, 6) is 7.74. The lowest BCUT2D eigenvalue weighted by atomic mass is 9.89. The molecule has 0 bridgehead atoms. The number of carbonyl (C=O) groups excluding carboxylic acids is 1. The third-order valence-electron chi connectivity index (χ3n) is 3.38. The predicted molar refractivity (Wildman–Crippen MR) is 83.2 cm³/mol. The molecular weight excluding hydrogens is 248 g/mol. The van der Waals surface area contributed by atoms with Gasteiger partial charge in [0.05, 0.1) is 12.7 Å². The van der Waals surface area contributed by atoms with Crippen LogP contribution in [0.25, 0.3) is 0 Å². The molecule has 0 aliphatic heterocycles. The van der Waals surface area contributed by atoms with Crippen molar-refractivity contribution in [1.29, 1.82) is 0 Å². The summed E-state index contributed by atoms with van der Waals surface area (Å²) in [6, 6.07) is 5.34. The fraction of sp³-hybridized carbons (Fsp3) is 0.500. The van der Waals surface area contributed by atoms with Crippen molar-refractivity contribution in [2.24, 2.45) is 5.92 Å². The van der Waals surface area contributed by atoms with Crippen LogP contribution in [0.2, 0.25) is 0 Å². The lowest BCUT2D eigenvalue weighted by Crippen LogP contribution is -2.03. The van der Waals surface area contributed by atoms with Crippen LogP contribution in [0.15, 0.2) is 18.2 Å². The van der Waals surface area contributed by atoms with Crippen LogP contribution in [0.5, 0.6) is 5.75 Å². The molecule has 0 amide bonds. The zero-order valence-electron chi connectivity index (χ0n) is 12.7. The van der Waals surface area contributed by atoms with Crippen molar-refractivity contribution in [3.63, 3.8) is 0 Å². The van der Waals surface area contributed by atoms with Crippen LogP contribution in [-0.2, 0) is 0 Å². The van der Waals surface area contributed by atoms with E-state index in [0.717, 1.165) is 17.6 Å². The van der Waals surface area contributed by atoms with Gasteiger partial charge in [0.2, 0.25) is 0 Å². The quantitative estimate of drug-likeness (QED) is 0.586. The highest BCUT2D eigenvalue weighted by Gasteiger charge is 2.10. The van der Waals surface area contributed by atoms with Gasteiger partial charge in [-0.2, -0.15) is 0 Å². The Kier molecular flexibility index (Phi) is 7.50. The van der Waals surface area contributed by atoms with Gasteiger partial charge in [0, 0.05) is 11.5 Å². The Morgan fingerprint density at radius 3 is 2.50 bits per heavy atom. The Morgan fingerprint density at radius 2 is 1.90 bits per heavy atom. The topological polar surface area (TPSA) is 26.3 Å². The molecule has 0 spiro atoms. The number of methoxy groups -OCH3 is 1. The van der Waals surface area contributed by atoms with Gasteiger partial charge in [0.15, 0.2) is 0 Å². The van der Waals surface area contributed by atoms with E-state index in [-0.39, 0.29) is 0 Å². The molecule has 1 fully saturated rings. The average Bonchev–Trinajstić information content (AvgIpc) is 2.55. The van der Waals surface area contributed by atoms with E-state index in [4.69, 9.17) is 4.74 Å². The first-order chi connectivity index (χ1) is 9.83. The predicted octanol–water partition coefficient (Wildman–Crippen LogP) is 4.47. The molecule has 1 aliphatic carbocycles. The van der Waals surface area contributed by atoms with Gasteiger partial charge in [-0.25, -0.2) is 0 Å². The summed E-state index contributed by atoms with van der Waals surface area (Å²) in [4.78, 5) is 10.8. The molecule has 0 heterocycles. The number of carbonyl (C=O) groups is 1. The fourth-order valence-electron chi connectivity index (χ4n) is 2.32. The van der Waals surface area contributed by atoms with E-state index in [0.29, 0.717) is 11.5 Å². The van der Waals surface area contributed by atoms with E-state index in [1.54, 1.807) is 25.3 Å². The first-order valence-electron chi connectivity index (χ1n) is 7.48. The SMILES string of the molecule is CC.COc1ccc(C=O)cc1C#CC1CCCCC1. The second-order valence-corrected chi connectivity index (χ2v) is 4.68. The zero-order chi connectivity index (χ0) is 14.8. The third-order valence-corrected chi connectivity index (χ3v) is 3.38. The van der Waals surface area contributed by atoms with Gasteiger partial charge in [-0.3, -0.25) is 4.79 Å². The number of hydrogen-bond acceptors (Lipinski definition) is 2. The minimum absolute atomic E-state index is 0.503. The molecule has 1 aliphatic rings. The molecule has 2 rings (SSSR count). The van der Waals surface area contributed by atoms with Crippen LogP contribution < -0.4 is 4.74 Å². The number of hydrogen-bond donors (Lipinski definition) is 0. The van der Waals surface area contributed by atoms with Crippen molar-refractivity contribution in [2.75, 3.05) is 7.11 Å². The first-order valence-corrected chi connectivity index (χ1v) is 7.48. The Bertz CT molecular complexity index is 474. The molecule has 108 valence electrons. The maximum absolute atomic E-state index is 10.8. The van der Waals surface area contributed by atoms with E-state index in [1.165, 1.54) is 32.1 Å². The number of ether oxygens (including phenoxy) is 1. The summed E-state index contributed by atoms with van der Waals surface area (Å²) in [6.45, 7) is 4.00. The van der Waals surface area contributed by atoms with Gasteiger partial charge in [0.1, 0.15) is 12.0 Å². The van der Waals surface area contributed by atoms with Crippen molar-refractivity contribution in [1.82, 2.24) is 0 Å². The van der Waals surface area contributed by atoms with Gasteiger partial charge in [-0.15, -0.1) is 0 Å². The third kappa shape index (κ3) is 4.74. The largest absolute Gasteiger partial charge is 0.495 e. The van der Waals surface area contributed by atoms with Crippen LogP contribution in [0.1, 0.15) is 61.9 Å². The molecular formula is C18H24O2. The van der Waals surface area contributed by atoms with Crippen molar-refractivity contribution in [3.05, 3.63) is 29.3 Å². The Balaban J connectivity index is 0.000000956. The molecule has 0 aromatic heterocycles. The molecule has 0 N–H and O–H groups in total. The van der Waals surface area contributed by atoms with E-state index in [2.05, 4.69) is 11.8 Å². The zero-order valence-corrected chi connectivity index (χ0v) is 12.7. The summed E-state index contributed by atoms with van der Waals surface area (Å²) in [7, 11) is 1.63. The van der Waals surface area contributed by atoms with Crippen LogP contribution in [0.3, 0.4) is 0 Å². The van der Waals surface area contributed by atoms with Crippen LogP contribution in [0, 0.1) is 17.8 Å². The van der Waals surface area contributed by atoms with Gasteiger partial charge in [0.25, 0.3) is 0 Å². The maximum atomic E-state index is 10.8. The van der Waals surface area contributed by atoms with Crippen molar-refractivity contribution in [3.8, 4) is 17.6 Å². The van der Waals surface area contributed by atoms with Crippen LogP contribution >= 0.6 is 0 Å². The maximum Gasteiger partial charge on any atom is 0.150 e. The molecule has 0 saturated heterocycles. The molecule has 0 unspecified atom stereocenters. The summed E-state index contributed by atoms with van der Waals surface area (Å²) in [5.41, 5.74) is 1.46. The lowest BCUT2D eigenvalue weighted by Gasteiger charge is -2.15. The normalized spacial score (nSPS) is 14.3. The number of aldehydes is 1. The molecule has 20 heavy (non-hydrogen) atoms. The molecule has 1 aromatic rings. The molecule has 1 saturated carbocycles. The van der Waals surface area contributed by atoms with Crippen molar-refractivity contribution < 1.29 is 9.53 Å². The highest BCUT2D eigenvalue weighted by Crippen LogP contribution is 2.24. The lowest BCUT2D eigenvalue weighted by molar-refractivity contribution is 0.112. The van der Waals surface area contributed by atoms with Crippen molar-refractivity contribution in [2.45, 2.75) is 46.0 Å². The average molecular weight is 272 g/mol. The minimum Gasteiger partial charge on any atom is -0.495 e. The Hall–Kier alpha value is -1.75. The second-order valence-electron chi connectivity index (χ2n) is 4.68. The molecule has 2 nitrogen and oxygen atoms in total. The highest BCUT2D eigenvalue weighted by atomic mass is 16.5. The smallest absolute Gasteiger partial charge is 0.150 e. The van der Waals surface area contributed by atoms with Gasteiger partial charge in [-0.1, -0.05) is 45.0 Å². The fourth-order valence-corrected chi connectivity index (χ4v) is 2.32. The van der Waals surface area contributed by atoms with Gasteiger partial charge < -0.3 is 4.74 Å². The first kappa shape index (κ1) is 16.3. The summed E-state index contributed by atoms with van der Waals surface area (Å²) in [5, 5.41) is 0. The number of rotatable bonds is 2. The Morgan fingerprint density at radius 1 is 1.20 bits per heavy atom. The monoisotopic (exact) mass is 272 g/mol. The molecule has 0 radical (unpaired) electrons. The van der Waals surface area contributed by atoms with Crippen LogP contribution in [-0.4, -0.2) is 13.4 Å². The number of benzene rings is 1. The standard InChI is InChI=1S/C16H18O2.C2H6/c1-18-16-10-8-14(12-17)11-15(16)9-7-13-5-3-2-4-6-13;1-2/h8,10-13H,2-6H2,1H3;1-2H3. The summed E-state index contributed by atoms with van der Waals surface area (Å²) >= 11 is 0. The minimum atomic E-state index is 0.503.